The van der Waals surface area contributed by atoms with Gasteiger partial charge in [-0.2, -0.15) is 0 Å². The fourth-order valence-electron chi connectivity index (χ4n) is 2.99. The molecule has 23 heavy (non-hydrogen) atoms. The fourth-order valence-corrected chi connectivity index (χ4v) is 2.99. The first-order chi connectivity index (χ1) is 10.7. The van der Waals surface area contributed by atoms with Crippen LogP contribution in [0.5, 0.6) is 0 Å². The average Bonchev–Trinajstić information content (AvgIpc) is 2.44. The Labute approximate surface area is 144 Å². The van der Waals surface area contributed by atoms with Gasteiger partial charge in [-0.15, -0.1) is 0 Å². The number of hydrogen-bond donors (Lipinski definition) is 0. The van der Waals surface area contributed by atoms with Crippen LogP contribution < -0.4 is 0 Å². The first kappa shape index (κ1) is 19.5. The Hall–Kier alpha value is -1.56. The molecule has 0 aromatic rings. The summed E-state index contributed by atoms with van der Waals surface area (Å²) in [6.45, 7) is 15.6. The summed E-state index contributed by atoms with van der Waals surface area (Å²) >= 11 is 0. The summed E-state index contributed by atoms with van der Waals surface area (Å²) in [5, 5.41) is 0. The highest BCUT2D eigenvalue weighted by atomic mass is 14.3. The zero-order valence-electron chi connectivity index (χ0n) is 16.2. The first-order valence-electron chi connectivity index (χ1n) is 8.77. The summed E-state index contributed by atoms with van der Waals surface area (Å²) in [5.41, 5.74) is 7.29. The van der Waals surface area contributed by atoms with Crippen molar-refractivity contribution in [3.8, 4) is 0 Å². The second-order valence-electron chi connectivity index (χ2n) is 7.69. The SMILES string of the molecule is CC(C)=CC=C(C)C=CC=C(C)C=CC1=C(C)CCCC1(C)C. The van der Waals surface area contributed by atoms with Crippen molar-refractivity contribution in [1.82, 2.24) is 0 Å². The maximum absolute atomic E-state index is 2.37. The van der Waals surface area contributed by atoms with Gasteiger partial charge in [-0.3, -0.25) is 0 Å². The van der Waals surface area contributed by atoms with Crippen molar-refractivity contribution in [3.05, 3.63) is 70.4 Å². The summed E-state index contributed by atoms with van der Waals surface area (Å²) in [6.07, 6.45) is 19.2. The minimum atomic E-state index is 0.318. The molecule has 0 nitrogen and oxygen atoms in total. The first-order valence-corrected chi connectivity index (χ1v) is 8.77. The van der Waals surface area contributed by atoms with Gasteiger partial charge in [-0.25, -0.2) is 0 Å². The van der Waals surface area contributed by atoms with Crippen molar-refractivity contribution in [1.29, 1.82) is 0 Å². The summed E-state index contributed by atoms with van der Waals surface area (Å²) in [5.74, 6) is 0. The number of hydrogen-bond acceptors (Lipinski definition) is 0. The van der Waals surface area contributed by atoms with Crippen LogP contribution in [0.25, 0.3) is 0 Å². The van der Waals surface area contributed by atoms with E-state index in [1.807, 2.05) is 0 Å². The van der Waals surface area contributed by atoms with Gasteiger partial charge in [0.1, 0.15) is 0 Å². The van der Waals surface area contributed by atoms with E-state index in [4.69, 9.17) is 0 Å². The van der Waals surface area contributed by atoms with E-state index in [9.17, 15) is 0 Å². The summed E-state index contributed by atoms with van der Waals surface area (Å²) in [4.78, 5) is 0. The Kier molecular flexibility index (Phi) is 7.55. The molecule has 0 amide bonds. The number of rotatable bonds is 5. The Balaban J connectivity index is 2.77. The molecule has 0 aliphatic heterocycles. The van der Waals surface area contributed by atoms with Crippen LogP contribution in [-0.2, 0) is 0 Å². The van der Waals surface area contributed by atoms with Gasteiger partial charge in [0.15, 0.2) is 0 Å². The monoisotopic (exact) mass is 310 g/mol. The van der Waals surface area contributed by atoms with Crippen LogP contribution in [0, 0.1) is 5.41 Å². The number of allylic oxidation sites excluding steroid dienone is 12. The average molecular weight is 311 g/mol. The van der Waals surface area contributed by atoms with Crippen LogP contribution in [-0.4, -0.2) is 0 Å². The maximum Gasteiger partial charge on any atom is -0.0104 e. The molecule has 0 bridgehead atoms. The van der Waals surface area contributed by atoms with E-state index >= 15 is 0 Å². The van der Waals surface area contributed by atoms with Crippen molar-refractivity contribution < 1.29 is 0 Å². The Morgan fingerprint density at radius 3 is 2.17 bits per heavy atom. The zero-order chi connectivity index (χ0) is 17.5. The molecule has 0 aromatic heterocycles. The zero-order valence-corrected chi connectivity index (χ0v) is 16.2. The predicted molar refractivity (Wildman–Crippen MR) is 106 cm³/mol. The van der Waals surface area contributed by atoms with Crippen molar-refractivity contribution in [2.24, 2.45) is 5.41 Å². The Morgan fingerprint density at radius 2 is 1.57 bits per heavy atom. The third-order valence-corrected chi connectivity index (χ3v) is 4.45. The van der Waals surface area contributed by atoms with Crippen molar-refractivity contribution >= 4 is 0 Å². The van der Waals surface area contributed by atoms with E-state index in [2.05, 4.69) is 91.0 Å². The minimum Gasteiger partial charge on any atom is -0.0764 e. The smallest absolute Gasteiger partial charge is 0.0104 e. The molecule has 0 spiro atoms. The second kappa shape index (κ2) is 8.91. The van der Waals surface area contributed by atoms with Crippen LogP contribution >= 0.6 is 0 Å². The normalized spacial score (nSPS) is 19.8. The van der Waals surface area contributed by atoms with E-state index in [0.717, 1.165) is 0 Å². The third kappa shape index (κ3) is 7.03. The van der Waals surface area contributed by atoms with Gasteiger partial charge in [0, 0.05) is 0 Å². The van der Waals surface area contributed by atoms with Crippen LogP contribution in [0.1, 0.15) is 67.7 Å². The highest BCUT2D eigenvalue weighted by Crippen LogP contribution is 2.40. The highest BCUT2D eigenvalue weighted by Gasteiger charge is 2.26. The molecular weight excluding hydrogens is 276 g/mol. The van der Waals surface area contributed by atoms with Gasteiger partial charge in [0.25, 0.3) is 0 Å². The standard InChI is InChI=1S/C23H34/c1-18(2)13-14-19(3)10-8-11-20(4)15-16-22-21(5)12-9-17-23(22,6)7/h8,10-11,13-16H,9,12,17H2,1-7H3. The lowest BCUT2D eigenvalue weighted by Gasteiger charge is -2.32. The van der Waals surface area contributed by atoms with Gasteiger partial charge in [-0.1, -0.05) is 78.7 Å². The van der Waals surface area contributed by atoms with Gasteiger partial charge in [0.05, 0.1) is 0 Å². The topological polar surface area (TPSA) is 0 Å². The van der Waals surface area contributed by atoms with Crippen LogP contribution in [0.4, 0.5) is 0 Å². The summed E-state index contributed by atoms with van der Waals surface area (Å²) in [7, 11) is 0. The van der Waals surface area contributed by atoms with E-state index in [1.165, 1.54) is 41.6 Å². The fraction of sp³-hybridized carbons (Fsp3) is 0.478. The van der Waals surface area contributed by atoms with Gasteiger partial charge in [-0.05, 0) is 64.9 Å². The highest BCUT2D eigenvalue weighted by molar-refractivity contribution is 5.37. The van der Waals surface area contributed by atoms with Crippen molar-refractivity contribution in [2.75, 3.05) is 0 Å². The predicted octanol–water partition coefficient (Wildman–Crippen LogP) is 7.48. The lowest BCUT2D eigenvalue weighted by atomic mass is 9.72. The van der Waals surface area contributed by atoms with E-state index in [-0.39, 0.29) is 0 Å². The molecule has 0 N–H and O–H groups in total. The Morgan fingerprint density at radius 1 is 0.913 bits per heavy atom. The molecule has 126 valence electrons. The van der Waals surface area contributed by atoms with E-state index in [1.54, 1.807) is 5.57 Å². The molecule has 0 saturated heterocycles. The largest absolute Gasteiger partial charge is 0.0764 e. The van der Waals surface area contributed by atoms with Crippen molar-refractivity contribution in [3.63, 3.8) is 0 Å². The van der Waals surface area contributed by atoms with Crippen molar-refractivity contribution in [2.45, 2.75) is 67.7 Å². The quantitative estimate of drug-likeness (QED) is 0.461. The molecule has 1 aliphatic carbocycles. The van der Waals surface area contributed by atoms with Crippen LogP contribution in [0.15, 0.2) is 70.4 Å². The minimum absolute atomic E-state index is 0.318. The van der Waals surface area contributed by atoms with Crippen LogP contribution in [0.2, 0.25) is 0 Å². The molecule has 0 heterocycles. The van der Waals surface area contributed by atoms with Crippen LogP contribution in [0.3, 0.4) is 0 Å². The molecule has 0 aromatic carbocycles. The van der Waals surface area contributed by atoms with Gasteiger partial charge < -0.3 is 0 Å². The second-order valence-corrected chi connectivity index (χ2v) is 7.69. The van der Waals surface area contributed by atoms with E-state index in [0.29, 0.717) is 5.41 Å². The molecule has 1 rings (SSSR count). The molecule has 0 unspecified atom stereocenters. The lowest BCUT2D eigenvalue weighted by molar-refractivity contribution is 0.377. The Bertz CT molecular complexity index is 580. The molecule has 0 atom stereocenters. The van der Waals surface area contributed by atoms with Gasteiger partial charge in [0.2, 0.25) is 0 Å². The lowest BCUT2D eigenvalue weighted by Crippen LogP contribution is -2.19. The summed E-state index contributed by atoms with van der Waals surface area (Å²) < 4.78 is 0. The molecular formula is C23H34. The summed E-state index contributed by atoms with van der Waals surface area (Å²) in [6, 6.07) is 0. The molecule has 0 heteroatoms. The molecule has 1 aliphatic rings. The molecule has 0 fully saturated rings. The maximum atomic E-state index is 2.37. The molecule has 0 radical (unpaired) electrons. The van der Waals surface area contributed by atoms with Gasteiger partial charge >= 0.3 is 0 Å². The van der Waals surface area contributed by atoms with E-state index < -0.39 is 0 Å². The third-order valence-electron chi connectivity index (χ3n) is 4.45. The molecule has 0 saturated carbocycles.